The summed E-state index contributed by atoms with van der Waals surface area (Å²) in [5.74, 6) is 1.18. The van der Waals surface area contributed by atoms with Crippen molar-refractivity contribution in [2.24, 2.45) is 0 Å². The topological polar surface area (TPSA) is 21.3 Å². The lowest BCUT2D eigenvalue weighted by Gasteiger charge is -2.17. The van der Waals surface area contributed by atoms with Crippen molar-refractivity contribution in [3.63, 3.8) is 0 Å². The summed E-state index contributed by atoms with van der Waals surface area (Å²) in [5, 5.41) is 3.38. The van der Waals surface area contributed by atoms with E-state index in [9.17, 15) is 0 Å². The third-order valence-corrected chi connectivity index (χ3v) is 4.02. The van der Waals surface area contributed by atoms with E-state index in [1.165, 1.54) is 70.0 Å². The van der Waals surface area contributed by atoms with Gasteiger partial charge in [-0.2, -0.15) is 0 Å². The van der Waals surface area contributed by atoms with Gasteiger partial charge in [0, 0.05) is 6.42 Å². The van der Waals surface area contributed by atoms with Crippen molar-refractivity contribution in [1.82, 2.24) is 5.32 Å². The predicted octanol–water partition coefficient (Wildman–Crippen LogP) is 4.80. The molecule has 2 heteroatoms. The summed E-state index contributed by atoms with van der Waals surface area (Å²) >= 11 is 0. The van der Waals surface area contributed by atoms with Gasteiger partial charge in [0.05, 0.1) is 12.6 Å². The second kappa shape index (κ2) is 11.3. The lowest BCUT2D eigenvalue weighted by atomic mass is 10.0. The molecule has 0 aliphatic carbocycles. The highest BCUT2D eigenvalue weighted by Crippen LogP contribution is 2.18. The van der Waals surface area contributed by atoms with Crippen LogP contribution in [0.1, 0.15) is 77.6 Å². The second-order valence-electron chi connectivity index (χ2n) is 5.70. The molecule has 0 radical (unpaired) electrons. The number of nitrogens with one attached hydrogen (secondary N) is 1. The minimum atomic E-state index is 0.451. The van der Waals surface area contributed by atoms with Crippen molar-refractivity contribution in [3.05, 3.63) is 11.8 Å². The molecule has 0 bridgehead atoms. The maximum Gasteiger partial charge on any atom is 0.109 e. The van der Waals surface area contributed by atoms with Gasteiger partial charge >= 0.3 is 0 Å². The first-order valence-electron chi connectivity index (χ1n) is 8.38. The van der Waals surface area contributed by atoms with E-state index in [1.54, 1.807) is 0 Å². The summed E-state index contributed by atoms with van der Waals surface area (Å²) < 4.78 is 5.64. The Balaban J connectivity index is 1.91. The van der Waals surface area contributed by atoms with E-state index in [0.29, 0.717) is 6.04 Å². The monoisotopic (exact) mass is 267 g/mol. The highest BCUT2D eigenvalue weighted by molar-refractivity contribution is 5.06. The van der Waals surface area contributed by atoms with E-state index >= 15 is 0 Å². The molecule has 1 aliphatic heterocycles. The Hall–Kier alpha value is -0.500. The van der Waals surface area contributed by atoms with Crippen molar-refractivity contribution in [3.8, 4) is 0 Å². The molecule has 0 aromatic heterocycles. The molecule has 0 saturated carbocycles. The minimum absolute atomic E-state index is 0.451. The van der Waals surface area contributed by atoms with Crippen LogP contribution in [0.3, 0.4) is 0 Å². The predicted molar refractivity (Wildman–Crippen MR) is 83.3 cm³/mol. The summed E-state index contributed by atoms with van der Waals surface area (Å²) in [5.41, 5.74) is 0. The molecule has 0 amide bonds. The van der Waals surface area contributed by atoms with Crippen LogP contribution >= 0.6 is 0 Å². The Morgan fingerprint density at radius 2 is 1.68 bits per heavy atom. The molecule has 0 aromatic rings. The molecule has 0 aromatic carbocycles. The van der Waals surface area contributed by atoms with E-state index in [1.807, 2.05) is 7.05 Å². The van der Waals surface area contributed by atoms with E-state index in [2.05, 4.69) is 18.3 Å². The summed E-state index contributed by atoms with van der Waals surface area (Å²) in [6, 6.07) is 0.451. The summed E-state index contributed by atoms with van der Waals surface area (Å²) in [4.78, 5) is 0. The number of likely N-dealkylation sites (N-methyl/N-ethyl adjacent to an activating group) is 1. The first-order chi connectivity index (χ1) is 9.38. The molecule has 1 N–H and O–H groups in total. The van der Waals surface area contributed by atoms with Crippen LogP contribution in [0.2, 0.25) is 0 Å². The van der Waals surface area contributed by atoms with E-state index < -0.39 is 0 Å². The van der Waals surface area contributed by atoms with Crippen LogP contribution in [0.25, 0.3) is 0 Å². The van der Waals surface area contributed by atoms with Gasteiger partial charge in [-0.3, -0.25) is 0 Å². The fraction of sp³-hybridized carbons (Fsp3) is 0.882. The van der Waals surface area contributed by atoms with Crippen LogP contribution < -0.4 is 5.32 Å². The van der Waals surface area contributed by atoms with Crippen LogP contribution in [-0.2, 0) is 4.74 Å². The Labute approximate surface area is 120 Å². The zero-order valence-corrected chi connectivity index (χ0v) is 13.0. The van der Waals surface area contributed by atoms with Crippen molar-refractivity contribution in [2.45, 2.75) is 83.6 Å². The molecule has 1 unspecified atom stereocenters. The fourth-order valence-corrected chi connectivity index (χ4v) is 2.77. The molecule has 2 nitrogen and oxygen atoms in total. The van der Waals surface area contributed by atoms with Crippen molar-refractivity contribution < 1.29 is 4.74 Å². The van der Waals surface area contributed by atoms with Gasteiger partial charge < -0.3 is 10.1 Å². The van der Waals surface area contributed by atoms with E-state index in [-0.39, 0.29) is 0 Å². The standard InChI is InChI=1S/C17H33NO/c1-3-4-5-6-7-8-9-10-11-13-16(18-2)17-14-12-15-19-17/h14,16,18H,3-13,15H2,1-2H3. The fourth-order valence-electron chi connectivity index (χ4n) is 2.77. The Morgan fingerprint density at radius 1 is 1.05 bits per heavy atom. The second-order valence-corrected chi connectivity index (χ2v) is 5.70. The molecule has 1 rings (SSSR count). The SMILES string of the molecule is CCCCCCCCCCCC(NC)C1=CCCO1. The molecule has 112 valence electrons. The van der Waals surface area contributed by atoms with Gasteiger partial charge in [0.2, 0.25) is 0 Å². The average Bonchev–Trinajstić information content (AvgIpc) is 2.95. The largest absolute Gasteiger partial charge is 0.496 e. The van der Waals surface area contributed by atoms with Gasteiger partial charge in [-0.1, -0.05) is 64.7 Å². The number of ether oxygens (including phenoxy) is 1. The van der Waals surface area contributed by atoms with Gasteiger partial charge in [0.15, 0.2) is 0 Å². The van der Waals surface area contributed by atoms with Crippen LogP contribution in [0.15, 0.2) is 11.8 Å². The summed E-state index contributed by atoms with van der Waals surface area (Å²) in [7, 11) is 2.04. The highest BCUT2D eigenvalue weighted by atomic mass is 16.5. The third kappa shape index (κ3) is 7.61. The number of hydrogen-bond acceptors (Lipinski definition) is 2. The normalized spacial score (nSPS) is 16.2. The molecule has 1 atom stereocenters. The van der Waals surface area contributed by atoms with Gasteiger partial charge in [0.25, 0.3) is 0 Å². The van der Waals surface area contributed by atoms with Crippen molar-refractivity contribution >= 4 is 0 Å². The maximum atomic E-state index is 5.64. The Morgan fingerprint density at radius 3 is 2.21 bits per heavy atom. The zero-order valence-electron chi connectivity index (χ0n) is 13.0. The van der Waals surface area contributed by atoms with Crippen LogP contribution in [0, 0.1) is 0 Å². The quantitative estimate of drug-likeness (QED) is 0.513. The average molecular weight is 267 g/mol. The first kappa shape index (κ1) is 16.6. The number of unbranched alkanes of at least 4 members (excludes halogenated alkanes) is 8. The van der Waals surface area contributed by atoms with E-state index in [0.717, 1.165) is 13.0 Å². The smallest absolute Gasteiger partial charge is 0.109 e. The zero-order chi connectivity index (χ0) is 13.8. The minimum Gasteiger partial charge on any atom is -0.496 e. The molecule has 1 heterocycles. The summed E-state index contributed by atoms with van der Waals surface area (Å²) in [6.07, 6.45) is 17.2. The molecule has 1 aliphatic rings. The Bertz CT molecular complexity index is 237. The first-order valence-corrected chi connectivity index (χ1v) is 8.38. The van der Waals surface area contributed by atoms with Gasteiger partial charge in [0.1, 0.15) is 5.76 Å². The van der Waals surface area contributed by atoms with Gasteiger partial charge in [-0.15, -0.1) is 0 Å². The molecule has 0 fully saturated rings. The molecular formula is C17H33NO. The Kier molecular flexibility index (Phi) is 9.88. The number of hydrogen-bond donors (Lipinski definition) is 1. The van der Waals surface area contributed by atoms with Gasteiger partial charge in [-0.25, -0.2) is 0 Å². The van der Waals surface area contributed by atoms with Crippen LogP contribution in [0.4, 0.5) is 0 Å². The van der Waals surface area contributed by atoms with Crippen LogP contribution in [0.5, 0.6) is 0 Å². The summed E-state index contributed by atoms with van der Waals surface area (Å²) in [6.45, 7) is 3.16. The maximum absolute atomic E-state index is 5.64. The molecule has 0 spiro atoms. The van der Waals surface area contributed by atoms with Crippen molar-refractivity contribution in [1.29, 1.82) is 0 Å². The highest BCUT2D eigenvalue weighted by Gasteiger charge is 2.16. The molecular weight excluding hydrogens is 234 g/mol. The van der Waals surface area contributed by atoms with Gasteiger partial charge in [-0.05, 0) is 19.5 Å². The molecule has 0 saturated heterocycles. The van der Waals surface area contributed by atoms with E-state index in [4.69, 9.17) is 4.74 Å². The lowest BCUT2D eigenvalue weighted by molar-refractivity contribution is 0.213. The molecule has 19 heavy (non-hydrogen) atoms. The third-order valence-electron chi connectivity index (χ3n) is 4.02. The lowest BCUT2D eigenvalue weighted by Crippen LogP contribution is -2.27. The van der Waals surface area contributed by atoms with Crippen LogP contribution in [-0.4, -0.2) is 19.7 Å². The number of rotatable bonds is 12. The van der Waals surface area contributed by atoms with Crippen molar-refractivity contribution in [2.75, 3.05) is 13.7 Å².